The third-order valence-corrected chi connectivity index (χ3v) is 12.8. The Labute approximate surface area is 361 Å². The predicted octanol–water partition coefficient (Wildman–Crippen LogP) is 7.83. The van der Waals surface area contributed by atoms with E-state index in [-0.39, 0.29) is 34.2 Å². The molecule has 62 heavy (non-hydrogen) atoms. The molecule has 3 aromatic heterocycles. The molecule has 8 rings (SSSR count). The number of benzene rings is 2. The first-order valence-electron chi connectivity index (χ1n) is 21.3. The summed E-state index contributed by atoms with van der Waals surface area (Å²) in [5, 5.41) is 8.85. The van der Waals surface area contributed by atoms with Crippen LogP contribution in [-0.4, -0.2) is 107 Å². The minimum absolute atomic E-state index is 0.0277. The maximum Gasteiger partial charge on any atom is 0.255 e. The Kier molecular flexibility index (Phi) is 12.0. The summed E-state index contributed by atoms with van der Waals surface area (Å²) in [6, 6.07) is 12.2. The second-order valence-corrected chi connectivity index (χ2v) is 19.0. The Bertz CT molecular complexity index is 2440. The summed E-state index contributed by atoms with van der Waals surface area (Å²) in [5.41, 5.74) is 6.30. The van der Waals surface area contributed by atoms with Crippen molar-refractivity contribution in [1.29, 1.82) is 0 Å². The molecule has 2 amide bonds. The van der Waals surface area contributed by atoms with Gasteiger partial charge in [-0.15, -0.1) is 5.10 Å². The van der Waals surface area contributed by atoms with Crippen LogP contribution in [0.5, 0.6) is 11.5 Å². The van der Waals surface area contributed by atoms with Crippen LogP contribution in [0.4, 0.5) is 14.7 Å². The number of nitrogens with zero attached hydrogens (tertiary/aromatic N) is 8. The van der Waals surface area contributed by atoms with Crippen LogP contribution < -0.4 is 20.5 Å². The zero-order valence-corrected chi connectivity index (χ0v) is 37.3. The van der Waals surface area contributed by atoms with Gasteiger partial charge in [0, 0.05) is 61.5 Å². The average molecular weight is 854 g/mol. The number of methoxy groups -OCH3 is 2. The second-order valence-electron chi connectivity index (χ2n) is 19.0. The summed E-state index contributed by atoms with van der Waals surface area (Å²) in [6.07, 6.45) is 7.89. The van der Waals surface area contributed by atoms with Crippen molar-refractivity contribution in [2.24, 2.45) is 5.73 Å². The molecule has 3 N–H and O–H groups in total. The van der Waals surface area contributed by atoms with Crippen molar-refractivity contribution in [2.45, 2.75) is 122 Å². The molecule has 0 spiro atoms. The molecule has 1 saturated heterocycles. The number of fused-ring (bicyclic) bond motifs is 2. The number of nitrogens with one attached hydrogen (secondary N) is 1. The normalized spacial score (nSPS) is 22.8. The van der Waals surface area contributed by atoms with Crippen molar-refractivity contribution >= 4 is 28.7 Å². The Morgan fingerprint density at radius 1 is 0.952 bits per heavy atom. The molecule has 5 heterocycles. The lowest BCUT2D eigenvalue weighted by molar-refractivity contribution is -0.997. The highest BCUT2D eigenvalue weighted by Crippen LogP contribution is 2.44. The summed E-state index contributed by atoms with van der Waals surface area (Å²) >= 11 is 0. The van der Waals surface area contributed by atoms with Gasteiger partial charge in [-0.1, -0.05) is 6.07 Å². The Hall–Kier alpha value is -5.77. The van der Waals surface area contributed by atoms with E-state index in [1.165, 1.54) is 12.4 Å². The fourth-order valence-corrected chi connectivity index (χ4v) is 9.56. The highest BCUT2D eigenvalue weighted by Gasteiger charge is 2.52. The molecular formula is C46H59F2N10O4+. The fourth-order valence-electron chi connectivity index (χ4n) is 9.56. The molecule has 0 bridgehead atoms. The van der Waals surface area contributed by atoms with Crippen LogP contribution in [0.2, 0.25) is 0 Å². The number of rotatable bonds is 8. The van der Waals surface area contributed by atoms with Crippen LogP contribution in [0.3, 0.4) is 0 Å². The van der Waals surface area contributed by atoms with E-state index in [2.05, 4.69) is 66.8 Å². The van der Waals surface area contributed by atoms with Crippen LogP contribution in [0.1, 0.15) is 113 Å². The number of aromatic nitrogens is 6. The molecule has 0 radical (unpaired) electrons. The van der Waals surface area contributed by atoms with E-state index in [0.29, 0.717) is 71.3 Å². The van der Waals surface area contributed by atoms with Gasteiger partial charge in [-0.25, -0.2) is 18.7 Å². The Morgan fingerprint density at radius 2 is 1.63 bits per heavy atom. The number of primary amides is 1. The number of pyridine rings is 1. The van der Waals surface area contributed by atoms with Crippen LogP contribution in [0.25, 0.3) is 28.2 Å². The molecule has 0 atom stereocenters. The largest absolute Gasteiger partial charge is 0.493 e. The number of ether oxygens (including phenoxy) is 2. The van der Waals surface area contributed by atoms with E-state index in [1.54, 1.807) is 36.9 Å². The van der Waals surface area contributed by atoms with Gasteiger partial charge in [-0.05, 0) is 97.2 Å². The van der Waals surface area contributed by atoms with Crippen molar-refractivity contribution in [3.05, 3.63) is 77.5 Å². The van der Waals surface area contributed by atoms with Gasteiger partial charge < -0.3 is 29.9 Å². The highest BCUT2D eigenvalue weighted by molar-refractivity contribution is 6.09. The zero-order valence-electron chi connectivity index (χ0n) is 37.3. The highest BCUT2D eigenvalue weighted by atomic mass is 19.1. The number of amides is 2. The standard InChI is InChI=1S/C25H35F2N3O2.C21H23N7O2/c1-24(2,3)30(19-5-9-25(4,27)10-6-19)11-7-18(8-12-30)29-15-16-13-17(26)14-20(22(28)31)21(16)23(29)32;1-21(2,3)26-20-25-18(14-8-6-7-9-22-14)27-28(20)19-13-10-16(29-4)17(30-5)11-15(13)23-12-24-19/h13-14,18-19H,5-12,15H2,1-4H3,(H-,28,31);6-12H,1-5H3,(H,25,26,27)/p+1. The zero-order chi connectivity index (χ0) is 44.8. The van der Waals surface area contributed by atoms with Crippen molar-refractivity contribution in [3.63, 3.8) is 0 Å². The third-order valence-electron chi connectivity index (χ3n) is 12.8. The van der Waals surface area contributed by atoms with E-state index in [0.717, 1.165) is 54.7 Å². The molecule has 16 heteroatoms. The van der Waals surface area contributed by atoms with Crippen molar-refractivity contribution < 1.29 is 32.3 Å². The first kappa shape index (κ1) is 44.3. The first-order valence-corrected chi connectivity index (χ1v) is 21.3. The monoisotopic (exact) mass is 853 g/mol. The molecule has 5 aromatic rings. The molecule has 0 unspecified atom stereocenters. The Balaban J connectivity index is 0.000000187. The second kappa shape index (κ2) is 16.8. The summed E-state index contributed by atoms with van der Waals surface area (Å²) < 4.78 is 42.0. The van der Waals surface area contributed by atoms with Gasteiger partial charge in [-0.2, -0.15) is 9.67 Å². The quantitative estimate of drug-likeness (QED) is 0.147. The number of nitrogens with two attached hydrogens (primary N) is 1. The number of quaternary nitrogens is 1. The number of carbonyl (C=O) groups is 2. The summed E-state index contributed by atoms with van der Waals surface area (Å²) in [4.78, 5) is 44.8. The number of hydrogen-bond acceptors (Lipinski definition) is 10. The van der Waals surface area contributed by atoms with Gasteiger partial charge in [0.15, 0.2) is 17.3 Å². The number of carbonyl (C=O) groups excluding carboxylic acids is 2. The van der Waals surface area contributed by atoms with Crippen LogP contribution >= 0.6 is 0 Å². The first-order chi connectivity index (χ1) is 29.2. The van der Waals surface area contributed by atoms with Gasteiger partial charge in [0.1, 0.15) is 23.5 Å². The molecule has 14 nitrogen and oxygen atoms in total. The molecular weight excluding hydrogens is 795 g/mol. The summed E-state index contributed by atoms with van der Waals surface area (Å²) in [5.74, 6) is 1.25. The van der Waals surface area contributed by atoms with Crippen molar-refractivity contribution in [1.82, 2.24) is 34.6 Å². The lowest BCUT2D eigenvalue weighted by Gasteiger charge is -2.58. The number of hydrogen-bond donors (Lipinski definition) is 2. The van der Waals surface area contributed by atoms with Gasteiger partial charge in [0.05, 0.1) is 55.5 Å². The number of halogens is 2. The van der Waals surface area contributed by atoms with Gasteiger partial charge in [-0.3, -0.25) is 14.6 Å². The number of alkyl halides is 1. The number of anilines is 1. The van der Waals surface area contributed by atoms with E-state index < -0.39 is 17.4 Å². The maximum absolute atomic E-state index is 14.5. The molecule has 3 aliphatic rings. The average Bonchev–Trinajstić information content (AvgIpc) is 3.79. The Morgan fingerprint density at radius 3 is 2.23 bits per heavy atom. The molecule has 1 aliphatic carbocycles. The molecule has 2 fully saturated rings. The summed E-state index contributed by atoms with van der Waals surface area (Å²) in [6.45, 7) is 16.9. The lowest BCUT2D eigenvalue weighted by atomic mass is 9.79. The lowest BCUT2D eigenvalue weighted by Crippen LogP contribution is -2.70. The van der Waals surface area contributed by atoms with Crippen LogP contribution in [0, 0.1) is 5.82 Å². The van der Waals surface area contributed by atoms with E-state index >= 15 is 0 Å². The minimum Gasteiger partial charge on any atom is -0.493 e. The molecule has 2 aliphatic heterocycles. The predicted molar refractivity (Wildman–Crippen MR) is 233 cm³/mol. The van der Waals surface area contributed by atoms with E-state index in [9.17, 15) is 18.4 Å². The summed E-state index contributed by atoms with van der Waals surface area (Å²) in [7, 11) is 3.18. The SMILES string of the molecule is CC1(F)CCC([N+]2(C(C)(C)C)CCC(N3Cc4cc(F)cc(C(N)=O)c4C3=O)CC2)CC1.COc1cc2ncnc(-n3nc(-c4ccccn4)nc3NC(C)(C)C)c2cc1OC. The molecule has 330 valence electrons. The van der Waals surface area contributed by atoms with Gasteiger partial charge >= 0.3 is 0 Å². The van der Waals surface area contributed by atoms with Crippen molar-refractivity contribution in [3.8, 4) is 28.8 Å². The molecule has 2 aromatic carbocycles. The van der Waals surface area contributed by atoms with Gasteiger partial charge in [0.25, 0.3) is 5.91 Å². The fraction of sp³-hybridized carbons (Fsp3) is 0.500. The van der Waals surface area contributed by atoms with E-state index in [1.807, 2.05) is 30.3 Å². The number of piperidine rings is 1. The smallest absolute Gasteiger partial charge is 0.255 e. The maximum atomic E-state index is 14.5. The number of likely N-dealkylation sites (tertiary alicyclic amines) is 1. The third kappa shape index (κ3) is 8.79. The van der Waals surface area contributed by atoms with E-state index in [4.69, 9.17) is 20.3 Å². The topological polar surface area (TPSA) is 163 Å². The molecule has 1 saturated carbocycles. The van der Waals surface area contributed by atoms with Gasteiger partial charge in [0.2, 0.25) is 17.7 Å². The van der Waals surface area contributed by atoms with Crippen molar-refractivity contribution in [2.75, 3.05) is 32.6 Å². The minimum atomic E-state index is -1.06. The van der Waals surface area contributed by atoms with Crippen LogP contribution in [0.15, 0.2) is 55.0 Å². The van der Waals surface area contributed by atoms with Crippen LogP contribution in [-0.2, 0) is 6.54 Å².